The van der Waals surface area contributed by atoms with E-state index in [0.717, 1.165) is 18.6 Å². The molecule has 0 saturated carbocycles. The maximum absolute atomic E-state index is 5.70. The smallest absolute Gasteiger partial charge is 0.125 e. The molecule has 0 aliphatic rings. The lowest BCUT2D eigenvalue weighted by Gasteiger charge is -2.25. The maximum atomic E-state index is 5.70. The minimum atomic E-state index is 0.0680. The molecule has 20 heavy (non-hydrogen) atoms. The number of hydrogen-bond acceptors (Lipinski definition) is 2. The fourth-order valence-corrected chi connectivity index (χ4v) is 2.87. The first-order valence-electron chi connectivity index (χ1n) is 7.11. The van der Waals surface area contributed by atoms with Gasteiger partial charge in [-0.05, 0) is 30.2 Å². The molecule has 1 aromatic carbocycles. The Kier molecular flexibility index (Phi) is 5.58. The van der Waals surface area contributed by atoms with Gasteiger partial charge in [-0.15, -0.1) is 0 Å². The highest BCUT2D eigenvalue weighted by atomic mass is 32.1. The molecule has 0 amide bonds. The van der Waals surface area contributed by atoms with Crippen LogP contribution in [0.3, 0.4) is 0 Å². The van der Waals surface area contributed by atoms with Crippen LogP contribution in [0.5, 0.6) is 5.75 Å². The van der Waals surface area contributed by atoms with Gasteiger partial charge < -0.3 is 10.5 Å². The second-order valence-corrected chi connectivity index (χ2v) is 7.26. The minimum Gasteiger partial charge on any atom is -0.496 e. The second-order valence-electron chi connectivity index (χ2n) is 6.73. The zero-order valence-electron chi connectivity index (χ0n) is 13.5. The molecule has 0 bridgehead atoms. The third kappa shape index (κ3) is 4.48. The van der Waals surface area contributed by atoms with Crippen LogP contribution in [0.25, 0.3) is 0 Å². The van der Waals surface area contributed by atoms with Crippen LogP contribution in [0.4, 0.5) is 0 Å². The number of methoxy groups -OCH3 is 1. The van der Waals surface area contributed by atoms with E-state index < -0.39 is 0 Å². The van der Waals surface area contributed by atoms with Crippen LogP contribution in [-0.4, -0.2) is 12.1 Å². The lowest BCUT2D eigenvalue weighted by atomic mass is 9.82. The van der Waals surface area contributed by atoms with E-state index in [1.807, 2.05) is 0 Å². The Morgan fingerprint density at radius 2 is 1.95 bits per heavy atom. The summed E-state index contributed by atoms with van der Waals surface area (Å²) >= 11 is 5.01. The van der Waals surface area contributed by atoms with Crippen LogP contribution < -0.4 is 10.5 Å². The number of nitrogens with two attached hydrogens (primary N) is 1. The highest BCUT2D eigenvalue weighted by molar-refractivity contribution is 7.80. The first-order chi connectivity index (χ1) is 9.15. The molecule has 112 valence electrons. The first-order valence-corrected chi connectivity index (χ1v) is 7.52. The molecule has 3 heteroatoms. The van der Waals surface area contributed by atoms with Crippen molar-refractivity contribution in [3.63, 3.8) is 0 Å². The van der Waals surface area contributed by atoms with E-state index in [2.05, 4.69) is 46.8 Å². The summed E-state index contributed by atoms with van der Waals surface area (Å²) in [5.41, 5.74) is 9.50. The van der Waals surface area contributed by atoms with E-state index >= 15 is 0 Å². The summed E-state index contributed by atoms with van der Waals surface area (Å²) in [6.45, 7) is 11.0. The second kappa shape index (κ2) is 6.57. The average Bonchev–Trinajstić information content (AvgIpc) is 2.25. The summed E-state index contributed by atoms with van der Waals surface area (Å²) < 4.78 is 5.70. The Labute approximate surface area is 128 Å². The van der Waals surface area contributed by atoms with Crippen molar-refractivity contribution in [2.45, 2.75) is 52.9 Å². The third-order valence-electron chi connectivity index (χ3n) is 3.44. The van der Waals surface area contributed by atoms with Crippen LogP contribution in [0.1, 0.15) is 50.8 Å². The van der Waals surface area contributed by atoms with Crippen LogP contribution in [-0.2, 0) is 11.8 Å². The zero-order valence-corrected chi connectivity index (χ0v) is 14.4. The fraction of sp³-hybridized carbons (Fsp3) is 0.588. The third-order valence-corrected chi connectivity index (χ3v) is 3.61. The number of hydrogen-bond donors (Lipinski definition) is 1. The lowest BCUT2D eigenvalue weighted by Crippen LogP contribution is -2.17. The summed E-state index contributed by atoms with van der Waals surface area (Å²) in [4.78, 5) is 0.583. The molecule has 1 unspecified atom stereocenters. The minimum absolute atomic E-state index is 0.0680. The number of thiocarbonyl (C=S) groups is 1. The topological polar surface area (TPSA) is 35.2 Å². The SMILES string of the molecule is COc1c(CC(C)CC(N)=S)cc(C)cc1C(C)(C)C. The van der Waals surface area contributed by atoms with E-state index in [4.69, 9.17) is 22.7 Å². The zero-order chi connectivity index (χ0) is 15.5. The van der Waals surface area contributed by atoms with Gasteiger partial charge in [0.05, 0.1) is 12.1 Å². The standard InChI is InChI=1S/C17H27NOS/c1-11-7-13(8-12(2)10-15(18)20)16(19-6)14(9-11)17(3,4)5/h7,9,12H,8,10H2,1-6H3,(H2,18,20). The summed E-state index contributed by atoms with van der Waals surface area (Å²) in [6.07, 6.45) is 1.71. The van der Waals surface area contributed by atoms with Gasteiger partial charge in [-0.1, -0.05) is 57.6 Å². The summed E-state index contributed by atoms with van der Waals surface area (Å²) in [5, 5.41) is 0. The van der Waals surface area contributed by atoms with Crippen molar-refractivity contribution in [3.05, 3.63) is 28.8 Å². The molecule has 2 N–H and O–H groups in total. The molecule has 0 radical (unpaired) electrons. The normalized spacial score (nSPS) is 13.1. The van der Waals surface area contributed by atoms with Gasteiger partial charge >= 0.3 is 0 Å². The maximum Gasteiger partial charge on any atom is 0.125 e. The Bertz CT molecular complexity index is 488. The van der Waals surface area contributed by atoms with Crippen LogP contribution >= 0.6 is 12.2 Å². The van der Waals surface area contributed by atoms with Gasteiger partial charge in [0.25, 0.3) is 0 Å². The van der Waals surface area contributed by atoms with Crippen molar-refractivity contribution < 1.29 is 4.74 Å². The first kappa shape index (κ1) is 17.0. The van der Waals surface area contributed by atoms with Crippen molar-refractivity contribution in [1.82, 2.24) is 0 Å². The number of aryl methyl sites for hydroxylation is 1. The van der Waals surface area contributed by atoms with Crippen molar-refractivity contribution in [2.24, 2.45) is 11.7 Å². The molecule has 0 aromatic heterocycles. The van der Waals surface area contributed by atoms with Gasteiger partial charge in [-0.25, -0.2) is 0 Å². The fourth-order valence-electron chi connectivity index (χ4n) is 2.59. The van der Waals surface area contributed by atoms with E-state index in [9.17, 15) is 0 Å². The lowest BCUT2D eigenvalue weighted by molar-refractivity contribution is 0.389. The molecular formula is C17H27NOS. The highest BCUT2D eigenvalue weighted by Crippen LogP contribution is 2.36. The summed E-state index contributed by atoms with van der Waals surface area (Å²) in [7, 11) is 1.75. The monoisotopic (exact) mass is 293 g/mol. The quantitative estimate of drug-likeness (QED) is 0.828. The summed E-state index contributed by atoms with van der Waals surface area (Å²) in [6, 6.07) is 4.44. The molecule has 0 aliphatic heterocycles. The van der Waals surface area contributed by atoms with Crippen molar-refractivity contribution in [3.8, 4) is 5.75 Å². The molecular weight excluding hydrogens is 266 g/mol. The molecule has 1 atom stereocenters. The van der Waals surface area contributed by atoms with Crippen LogP contribution in [0.15, 0.2) is 12.1 Å². The molecule has 0 aliphatic carbocycles. The number of rotatable bonds is 5. The van der Waals surface area contributed by atoms with Gasteiger partial charge in [0, 0.05) is 12.0 Å². The van der Waals surface area contributed by atoms with E-state index in [-0.39, 0.29) is 5.41 Å². The molecule has 0 spiro atoms. The molecule has 0 heterocycles. The van der Waals surface area contributed by atoms with E-state index in [1.54, 1.807) is 7.11 Å². The van der Waals surface area contributed by atoms with Crippen LogP contribution in [0, 0.1) is 12.8 Å². The summed E-state index contributed by atoms with van der Waals surface area (Å²) in [5.74, 6) is 1.44. The molecule has 0 saturated heterocycles. The Hall–Kier alpha value is -1.09. The number of benzene rings is 1. The van der Waals surface area contributed by atoms with Crippen molar-refractivity contribution in [1.29, 1.82) is 0 Å². The molecule has 1 aromatic rings. The molecule has 0 fully saturated rings. The van der Waals surface area contributed by atoms with E-state index in [1.165, 1.54) is 16.7 Å². The van der Waals surface area contributed by atoms with Crippen molar-refractivity contribution >= 4 is 17.2 Å². The van der Waals surface area contributed by atoms with Gasteiger partial charge in [0.2, 0.25) is 0 Å². The molecule has 2 nitrogen and oxygen atoms in total. The van der Waals surface area contributed by atoms with Crippen LogP contribution in [0.2, 0.25) is 0 Å². The van der Waals surface area contributed by atoms with Gasteiger partial charge in [0.1, 0.15) is 5.75 Å². The molecule has 1 rings (SSSR count). The van der Waals surface area contributed by atoms with Gasteiger partial charge in [-0.3, -0.25) is 0 Å². The van der Waals surface area contributed by atoms with Crippen molar-refractivity contribution in [2.75, 3.05) is 7.11 Å². The largest absolute Gasteiger partial charge is 0.496 e. The Balaban J connectivity index is 3.19. The Morgan fingerprint density at radius 1 is 1.35 bits per heavy atom. The Morgan fingerprint density at radius 3 is 2.40 bits per heavy atom. The number of ether oxygens (including phenoxy) is 1. The predicted molar refractivity (Wildman–Crippen MR) is 90.7 cm³/mol. The van der Waals surface area contributed by atoms with Gasteiger partial charge in [0.15, 0.2) is 0 Å². The van der Waals surface area contributed by atoms with Gasteiger partial charge in [-0.2, -0.15) is 0 Å². The predicted octanol–water partition coefficient (Wildman–Crippen LogP) is 4.16. The van der Waals surface area contributed by atoms with E-state index in [0.29, 0.717) is 10.9 Å². The average molecular weight is 293 g/mol. The highest BCUT2D eigenvalue weighted by Gasteiger charge is 2.22.